The SMILES string of the molecule is Cn1nc(C=O)nc1-c1ccccn1. The van der Waals surface area contributed by atoms with Gasteiger partial charge in [0, 0.05) is 13.2 Å². The van der Waals surface area contributed by atoms with Gasteiger partial charge in [0.05, 0.1) is 0 Å². The summed E-state index contributed by atoms with van der Waals surface area (Å²) in [5.74, 6) is 0.765. The molecule has 2 heterocycles. The zero-order chi connectivity index (χ0) is 9.97. The molecule has 0 spiro atoms. The second-order valence-corrected chi connectivity index (χ2v) is 2.75. The molecule has 0 radical (unpaired) electrons. The monoisotopic (exact) mass is 188 g/mol. The average molecular weight is 188 g/mol. The summed E-state index contributed by atoms with van der Waals surface area (Å²) in [5.41, 5.74) is 0.704. The largest absolute Gasteiger partial charge is 0.294 e. The first-order valence-electron chi connectivity index (χ1n) is 4.09. The van der Waals surface area contributed by atoms with Crippen molar-refractivity contribution in [2.24, 2.45) is 7.05 Å². The lowest BCUT2D eigenvalue weighted by molar-refractivity contribution is 0.111. The molecular formula is C9H8N4O. The highest BCUT2D eigenvalue weighted by atomic mass is 16.1. The van der Waals surface area contributed by atoms with E-state index in [0.29, 0.717) is 17.8 Å². The van der Waals surface area contributed by atoms with Gasteiger partial charge in [0.15, 0.2) is 12.1 Å². The van der Waals surface area contributed by atoms with Crippen LogP contribution in [-0.4, -0.2) is 26.0 Å². The molecule has 2 aromatic heterocycles. The van der Waals surface area contributed by atoms with Gasteiger partial charge < -0.3 is 0 Å². The first-order chi connectivity index (χ1) is 6.81. The van der Waals surface area contributed by atoms with Crippen molar-refractivity contribution in [2.45, 2.75) is 0 Å². The predicted octanol–water partition coefficient (Wildman–Crippen LogP) is 0.690. The fourth-order valence-electron chi connectivity index (χ4n) is 1.17. The molecule has 0 aliphatic rings. The lowest BCUT2D eigenvalue weighted by Gasteiger charge is -1.96. The van der Waals surface area contributed by atoms with Crippen molar-refractivity contribution < 1.29 is 4.79 Å². The van der Waals surface area contributed by atoms with Crippen molar-refractivity contribution in [1.29, 1.82) is 0 Å². The van der Waals surface area contributed by atoms with Gasteiger partial charge in [0.2, 0.25) is 5.82 Å². The van der Waals surface area contributed by atoms with Crippen LogP contribution in [0.3, 0.4) is 0 Å². The second kappa shape index (κ2) is 3.37. The zero-order valence-corrected chi connectivity index (χ0v) is 7.58. The summed E-state index contributed by atoms with van der Waals surface area (Å²) in [6, 6.07) is 5.50. The predicted molar refractivity (Wildman–Crippen MR) is 49.6 cm³/mol. The van der Waals surface area contributed by atoms with Crippen molar-refractivity contribution in [3.63, 3.8) is 0 Å². The molecule has 0 N–H and O–H groups in total. The number of pyridine rings is 1. The van der Waals surface area contributed by atoms with Gasteiger partial charge in [-0.15, -0.1) is 5.10 Å². The lowest BCUT2D eigenvalue weighted by atomic mass is 10.3. The highest BCUT2D eigenvalue weighted by Crippen LogP contribution is 2.11. The molecule has 0 atom stereocenters. The summed E-state index contributed by atoms with van der Waals surface area (Å²) in [6.45, 7) is 0. The maximum atomic E-state index is 10.4. The lowest BCUT2D eigenvalue weighted by Crippen LogP contribution is -1.95. The van der Waals surface area contributed by atoms with Crippen LogP contribution in [0.25, 0.3) is 11.5 Å². The van der Waals surface area contributed by atoms with E-state index in [1.807, 2.05) is 18.2 Å². The molecule has 5 heteroatoms. The maximum Gasteiger partial charge on any atom is 0.214 e. The van der Waals surface area contributed by atoms with Crippen molar-refractivity contribution >= 4 is 6.29 Å². The normalized spacial score (nSPS) is 10.1. The fourth-order valence-corrected chi connectivity index (χ4v) is 1.17. The molecule has 0 aliphatic carbocycles. The van der Waals surface area contributed by atoms with Crippen molar-refractivity contribution in [3.8, 4) is 11.5 Å². The second-order valence-electron chi connectivity index (χ2n) is 2.75. The smallest absolute Gasteiger partial charge is 0.214 e. The minimum Gasteiger partial charge on any atom is -0.294 e. The summed E-state index contributed by atoms with van der Waals surface area (Å²) < 4.78 is 1.53. The number of rotatable bonds is 2. The standard InChI is InChI=1S/C9H8N4O/c1-13-9(11-8(6-14)12-13)7-4-2-3-5-10-7/h2-6H,1H3. The maximum absolute atomic E-state index is 10.4. The molecule has 0 fully saturated rings. The molecule has 2 rings (SSSR count). The number of carbonyl (C=O) groups excluding carboxylic acids is 1. The molecule has 0 aromatic carbocycles. The number of aryl methyl sites for hydroxylation is 1. The minimum atomic E-state index is 0.174. The molecule has 14 heavy (non-hydrogen) atoms. The molecule has 0 amide bonds. The van der Waals surface area contributed by atoms with Crippen molar-refractivity contribution in [1.82, 2.24) is 19.7 Å². The van der Waals surface area contributed by atoms with E-state index in [0.717, 1.165) is 0 Å². The van der Waals surface area contributed by atoms with E-state index in [-0.39, 0.29) is 5.82 Å². The van der Waals surface area contributed by atoms with Gasteiger partial charge in [0.1, 0.15) is 5.69 Å². The number of nitrogens with zero attached hydrogens (tertiary/aromatic N) is 4. The average Bonchev–Trinajstić information content (AvgIpc) is 2.61. The third kappa shape index (κ3) is 1.39. The number of hydrogen-bond acceptors (Lipinski definition) is 4. The Morgan fingerprint density at radius 2 is 2.29 bits per heavy atom. The molecule has 0 aliphatic heterocycles. The van der Waals surface area contributed by atoms with E-state index in [4.69, 9.17) is 0 Å². The van der Waals surface area contributed by atoms with Crippen LogP contribution in [0.5, 0.6) is 0 Å². The van der Waals surface area contributed by atoms with E-state index < -0.39 is 0 Å². The third-order valence-corrected chi connectivity index (χ3v) is 1.78. The van der Waals surface area contributed by atoms with Gasteiger partial charge >= 0.3 is 0 Å². The van der Waals surface area contributed by atoms with Gasteiger partial charge in [-0.3, -0.25) is 9.78 Å². The first kappa shape index (κ1) is 8.55. The van der Waals surface area contributed by atoms with Crippen LogP contribution in [0.1, 0.15) is 10.6 Å². The van der Waals surface area contributed by atoms with Gasteiger partial charge in [0.25, 0.3) is 0 Å². The van der Waals surface area contributed by atoms with Gasteiger partial charge in [-0.25, -0.2) is 9.67 Å². The number of hydrogen-bond donors (Lipinski definition) is 0. The molecule has 70 valence electrons. The fraction of sp³-hybridized carbons (Fsp3) is 0.111. The number of carbonyl (C=O) groups is 1. The molecule has 0 saturated carbocycles. The number of aromatic nitrogens is 4. The Morgan fingerprint density at radius 3 is 2.86 bits per heavy atom. The minimum absolute atomic E-state index is 0.174. The summed E-state index contributed by atoms with van der Waals surface area (Å²) in [5, 5.41) is 3.90. The Labute approximate surface area is 80.4 Å². The van der Waals surface area contributed by atoms with E-state index in [1.54, 1.807) is 13.2 Å². The Hall–Kier alpha value is -2.04. The molecular weight excluding hydrogens is 180 g/mol. The van der Waals surface area contributed by atoms with Crippen LogP contribution in [0.15, 0.2) is 24.4 Å². The van der Waals surface area contributed by atoms with Crippen molar-refractivity contribution in [2.75, 3.05) is 0 Å². The molecule has 2 aromatic rings. The molecule has 0 saturated heterocycles. The summed E-state index contributed by atoms with van der Waals surface area (Å²) in [7, 11) is 1.73. The van der Waals surface area contributed by atoms with Gasteiger partial charge in [-0.2, -0.15) is 0 Å². The summed E-state index contributed by atoms with van der Waals surface area (Å²) in [6.07, 6.45) is 2.29. The first-order valence-corrected chi connectivity index (χ1v) is 4.09. The van der Waals surface area contributed by atoms with Crippen LogP contribution in [0.4, 0.5) is 0 Å². The highest BCUT2D eigenvalue weighted by molar-refractivity contribution is 5.70. The van der Waals surface area contributed by atoms with E-state index >= 15 is 0 Å². The van der Waals surface area contributed by atoms with Crippen LogP contribution >= 0.6 is 0 Å². The van der Waals surface area contributed by atoms with Crippen LogP contribution < -0.4 is 0 Å². The van der Waals surface area contributed by atoms with Crippen LogP contribution in [0.2, 0.25) is 0 Å². The quantitative estimate of drug-likeness (QED) is 0.650. The Bertz CT molecular complexity index is 449. The summed E-state index contributed by atoms with van der Waals surface area (Å²) in [4.78, 5) is 18.6. The third-order valence-electron chi connectivity index (χ3n) is 1.78. The summed E-state index contributed by atoms with van der Waals surface area (Å²) >= 11 is 0. The van der Waals surface area contributed by atoms with Gasteiger partial charge in [-0.1, -0.05) is 6.07 Å². The van der Waals surface area contributed by atoms with Crippen molar-refractivity contribution in [3.05, 3.63) is 30.2 Å². The highest BCUT2D eigenvalue weighted by Gasteiger charge is 2.08. The van der Waals surface area contributed by atoms with Gasteiger partial charge in [-0.05, 0) is 12.1 Å². The molecule has 0 unspecified atom stereocenters. The van der Waals surface area contributed by atoms with E-state index in [9.17, 15) is 4.79 Å². The Balaban J connectivity index is 2.51. The van der Waals surface area contributed by atoms with Crippen LogP contribution in [-0.2, 0) is 7.05 Å². The van der Waals surface area contributed by atoms with E-state index in [1.165, 1.54) is 4.68 Å². The Kier molecular flexibility index (Phi) is 2.06. The Morgan fingerprint density at radius 1 is 1.43 bits per heavy atom. The molecule has 0 bridgehead atoms. The van der Waals surface area contributed by atoms with E-state index in [2.05, 4.69) is 15.1 Å². The molecule has 5 nitrogen and oxygen atoms in total. The van der Waals surface area contributed by atoms with Crippen LogP contribution in [0, 0.1) is 0 Å². The number of aldehydes is 1. The zero-order valence-electron chi connectivity index (χ0n) is 7.58. The topological polar surface area (TPSA) is 60.7 Å².